The van der Waals surface area contributed by atoms with E-state index in [0.29, 0.717) is 35.6 Å². The van der Waals surface area contributed by atoms with Crippen molar-refractivity contribution in [2.45, 2.75) is 39.7 Å². The highest BCUT2D eigenvalue weighted by Crippen LogP contribution is 2.36. The number of hydrogen-bond acceptors (Lipinski definition) is 10. The van der Waals surface area contributed by atoms with E-state index in [4.69, 9.17) is 31.0 Å². The molecule has 0 radical (unpaired) electrons. The summed E-state index contributed by atoms with van der Waals surface area (Å²) in [6.45, 7) is 5.70. The van der Waals surface area contributed by atoms with Crippen LogP contribution in [0, 0.1) is 0 Å². The van der Waals surface area contributed by atoms with Crippen LogP contribution in [0.1, 0.15) is 37.3 Å². The number of benzene rings is 1. The number of nitrogens with zero attached hydrogens (tertiary/aromatic N) is 4. The standard InChI is InChI=1S/C23H32N6O3S/c1-4-6-19-16(14-29(9-5-2)23-27-20(24)13-21(25)28-23)26-22(33-19)15-7-8-17(31-3)18(12-15)32-11-10-30/h7-8,12-13,30H,4-6,9-11,14H2,1-3H3,(H4,24,25,27,28). The summed E-state index contributed by atoms with van der Waals surface area (Å²) in [6.07, 6.45) is 2.86. The van der Waals surface area contributed by atoms with Crippen molar-refractivity contribution in [1.29, 1.82) is 0 Å². The fourth-order valence-electron chi connectivity index (χ4n) is 3.44. The molecule has 0 amide bonds. The number of hydrogen-bond donors (Lipinski definition) is 3. The smallest absolute Gasteiger partial charge is 0.229 e. The van der Waals surface area contributed by atoms with E-state index in [1.807, 2.05) is 18.2 Å². The summed E-state index contributed by atoms with van der Waals surface area (Å²) in [5.74, 6) is 2.40. The maximum Gasteiger partial charge on any atom is 0.229 e. The first-order valence-electron chi connectivity index (χ1n) is 11.0. The Labute approximate surface area is 198 Å². The fraction of sp³-hybridized carbons (Fsp3) is 0.435. The van der Waals surface area contributed by atoms with E-state index in [2.05, 4.69) is 28.7 Å². The lowest BCUT2D eigenvalue weighted by Gasteiger charge is -2.22. The topological polar surface area (TPSA) is 133 Å². The van der Waals surface area contributed by atoms with Gasteiger partial charge in [0.05, 0.1) is 26.0 Å². The minimum atomic E-state index is -0.0702. The number of aliphatic hydroxyl groups excluding tert-OH is 1. The second-order valence-electron chi connectivity index (χ2n) is 7.52. The van der Waals surface area contributed by atoms with Crippen LogP contribution in [0.3, 0.4) is 0 Å². The Bertz CT molecular complexity index is 1040. The van der Waals surface area contributed by atoms with Gasteiger partial charge in [0.15, 0.2) is 11.5 Å². The number of aromatic nitrogens is 3. The Balaban J connectivity index is 1.96. The van der Waals surface area contributed by atoms with E-state index >= 15 is 0 Å². The van der Waals surface area contributed by atoms with E-state index in [-0.39, 0.29) is 13.2 Å². The van der Waals surface area contributed by atoms with Crippen molar-refractivity contribution in [3.8, 4) is 22.1 Å². The normalized spacial score (nSPS) is 10.9. The van der Waals surface area contributed by atoms with Crippen molar-refractivity contribution >= 4 is 28.9 Å². The third kappa shape index (κ3) is 6.23. The van der Waals surface area contributed by atoms with E-state index in [0.717, 1.165) is 42.1 Å². The summed E-state index contributed by atoms with van der Waals surface area (Å²) < 4.78 is 11.0. The molecule has 3 aromatic rings. The molecule has 1 aromatic carbocycles. The molecule has 0 aliphatic heterocycles. The van der Waals surface area contributed by atoms with Crippen LogP contribution in [0.5, 0.6) is 11.5 Å². The number of rotatable bonds is 12. The first-order valence-corrected chi connectivity index (χ1v) is 11.9. The van der Waals surface area contributed by atoms with Gasteiger partial charge in [-0.05, 0) is 31.0 Å². The molecule has 9 nitrogen and oxygen atoms in total. The van der Waals surface area contributed by atoms with Gasteiger partial charge in [-0.2, -0.15) is 9.97 Å². The monoisotopic (exact) mass is 472 g/mol. The van der Waals surface area contributed by atoms with Gasteiger partial charge >= 0.3 is 0 Å². The number of methoxy groups -OCH3 is 1. The van der Waals surface area contributed by atoms with Crippen molar-refractivity contribution in [2.75, 3.05) is 43.2 Å². The molecule has 178 valence electrons. The summed E-state index contributed by atoms with van der Waals surface area (Å²) in [7, 11) is 1.59. The zero-order valence-corrected chi connectivity index (χ0v) is 20.2. The highest BCUT2D eigenvalue weighted by Gasteiger charge is 2.19. The SMILES string of the molecule is CCCc1sc(-c2ccc(OC)c(OCCO)c2)nc1CN(CCC)c1nc(N)cc(N)n1. The molecular weight excluding hydrogens is 440 g/mol. The zero-order valence-electron chi connectivity index (χ0n) is 19.4. The summed E-state index contributed by atoms with van der Waals surface area (Å²) >= 11 is 1.67. The van der Waals surface area contributed by atoms with Crippen molar-refractivity contribution in [3.05, 3.63) is 34.8 Å². The van der Waals surface area contributed by atoms with Crippen LogP contribution in [0.15, 0.2) is 24.3 Å². The molecule has 0 aliphatic rings. The Morgan fingerprint density at radius 2 is 1.79 bits per heavy atom. The largest absolute Gasteiger partial charge is 0.493 e. The third-order valence-corrected chi connectivity index (χ3v) is 6.09. The van der Waals surface area contributed by atoms with Gasteiger partial charge in [0.25, 0.3) is 0 Å². The first kappa shape index (κ1) is 24.5. The highest BCUT2D eigenvalue weighted by molar-refractivity contribution is 7.15. The van der Waals surface area contributed by atoms with Gasteiger partial charge in [0, 0.05) is 23.1 Å². The summed E-state index contributed by atoms with van der Waals surface area (Å²) in [5.41, 5.74) is 13.7. The lowest BCUT2D eigenvalue weighted by Crippen LogP contribution is -2.27. The van der Waals surface area contributed by atoms with Gasteiger partial charge in [-0.1, -0.05) is 20.3 Å². The highest BCUT2D eigenvalue weighted by atomic mass is 32.1. The van der Waals surface area contributed by atoms with Gasteiger partial charge in [0.2, 0.25) is 5.95 Å². The van der Waals surface area contributed by atoms with Crippen LogP contribution in [0.25, 0.3) is 10.6 Å². The quantitative estimate of drug-likeness (QED) is 0.362. The fourth-order valence-corrected chi connectivity index (χ4v) is 4.61. The van der Waals surface area contributed by atoms with Crippen LogP contribution < -0.4 is 25.8 Å². The van der Waals surface area contributed by atoms with Gasteiger partial charge in [-0.3, -0.25) is 0 Å². The van der Waals surface area contributed by atoms with Crippen LogP contribution in [-0.2, 0) is 13.0 Å². The van der Waals surface area contributed by atoms with Crippen LogP contribution in [0.4, 0.5) is 17.6 Å². The minimum Gasteiger partial charge on any atom is -0.493 e. The molecule has 0 unspecified atom stereocenters. The predicted molar refractivity (Wildman–Crippen MR) is 133 cm³/mol. The third-order valence-electron chi connectivity index (χ3n) is 4.89. The average molecular weight is 473 g/mol. The molecule has 2 aromatic heterocycles. The number of nitrogen functional groups attached to an aromatic ring is 2. The number of aliphatic hydroxyl groups is 1. The second-order valence-corrected chi connectivity index (χ2v) is 8.60. The lowest BCUT2D eigenvalue weighted by molar-refractivity contribution is 0.196. The first-order chi connectivity index (χ1) is 16.0. The molecule has 0 spiro atoms. The van der Waals surface area contributed by atoms with E-state index in [1.54, 1.807) is 24.5 Å². The van der Waals surface area contributed by atoms with Gasteiger partial charge in [-0.15, -0.1) is 11.3 Å². The minimum absolute atomic E-state index is 0.0702. The maximum absolute atomic E-state index is 9.13. The molecule has 0 bridgehead atoms. The molecular formula is C23H32N6O3S. The molecule has 5 N–H and O–H groups in total. The second kappa shape index (κ2) is 11.7. The van der Waals surface area contributed by atoms with Crippen LogP contribution in [-0.4, -0.2) is 46.9 Å². The number of nitrogens with two attached hydrogens (primary N) is 2. The van der Waals surface area contributed by atoms with Gasteiger partial charge < -0.3 is 30.9 Å². The number of thiazole rings is 1. The lowest BCUT2D eigenvalue weighted by atomic mass is 10.2. The van der Waals surface area contributed by atoms with Crippen molar-refractivity contribution in [2.24, 2.45) is 0 Å². The Kier molecular flexibility index (Phi) is 8.67. The predicted octanol–water partition coefficient (Wildman–Crippen LogP) is 3.51. The van der Waals surface area contributed by atoms with Crippen LogP contribution in [0.2, 0.25) is 0 Å². The summed E-state index contributed by atoms with van der Waals surface area (Å²) in [5, 5.41) is 10.0. The maximum atomic E-state index is 9.13. The molecule has 10 heteroatoms. The molecule has 3 rings (SSSR count). The van der Waals surface area contributed by atoms with Crippen LogP contribution >= 0.6 is 11.3 Å². The molecule has 0 saturated heterocycles. The molecule has 2 heterocycles. The Morgan fingerprint density at radius 3 is 2.42 bits per heavy atom. The molecule has 33 heavy (non-hydrogen) atoms. The Hall–Kier alpha value is -3.11. The molecule has 0 aliphatic carbocycles. The number of aryl methyl sites for hydroxylation is 1. The molecule has 0 saturated carbocycles. The summed E-state index contributed by atoms with van der Waals surface area (Å²) in [4.78, 5) is 17.0. The van der Waals surface area contributed by atoms with Gasteiger partial charge in [-0.25, -0.2) is 4.98 Å². The Morgan fingerprint density at radius 1 is 1.03 bits per heavy atom. The molecule has 0 atom stereocenters. The number of ether oxygens (including phenoxy) is 2. The van der Waals surface area contributed by atoms with Gasteiger partial charge in [0.1, 0.15) is 23.3 Å². The van der Waals surface area contributed by atoms with E-state index in [1.165, 1.54) is 4.88 Å². The zero-order chi connectivity index (χ0) is 23.8. The van der Waals surface area contributed by atoms with Crippen molar-refractivity contribution in [3.63, 3.8) is 0 Å². The average Bonchev–Trinajstić information content (AvgIpc) is 3.19. The van der Waals surface area contributed by atoms with E-state index in [9.17, 15) is 0 Å². The summed E-state index contributed by atoms with van der Waals surface area (Å²) in [6, 6.07) is 7.28. The number of anilines is 3. The van der Waals surface area contributed by atoms with Crippen molar-refractivity contribution in [1.82, 2.24) is 15.0 Å². The molecule has 0 fully saturated rings. The van der Waals surface area contributed by atoms with Crippen molar-refractivity contribution < 1.29 is 14.6 Å². The van der Waals surface area contributed by atoms with E-state index < -0.39 is 0 Å².